The van der Waals surface area contributed by atoms with Gasteiger partial charge < -0.3 is 15.8 Å². The number of halogens is 2. The van der Waals surface area contributed by atoms with Gasteiger partial charge in [0.2, 0.25) is 5.91 Å². The van der Waals surface area contributed by atoms with Gasteiger partial charge in [0.1, 0.15) is 12.4 Å². The first-order valence-electron chi connectivity index (χ1n) is 6.22. The van der Waals surface area contributed by atoms with Crippen molar-refractivity contribution in [2.24, 2.45) is 0 Å². The Hall–Kier alpha value is -2.11. The molecule has 1 amide bonds. The van der Waals surface area contributed by atoms with Gasteiger partial charge in [0, 0.05) is 11.3 Å². The molecule has 0 unspecified atom stereocenters. The van der Waals surface area contributed by atoms with Crippen LogP contribution < -0.4 is 11.1 Å². The van der Waals surface area contributed by atoms with Crippen LogP contribution in [0.1, 0.15) is 5.56 Å². The first kappa shape index (κ1) is 15.3. The summed E-state index contributed by atoms with van der Waals surface area (Å²) >= 11 is 5.79. The highest BCUT2D eigenvalue weighted by Crippen LogP contribution is 2.22. The van der Waals surface area contributed by atoms with E-state index in [4.69, 9.17) is 22.1 Å². The number of carbonyl (C=O) groups excluding carboxylic acids is 1. The van der Waals surface area contributed by atoms with Crippen LogP contribution in [0.3, 0.4) is 0 Å². The predicted octanol–water partition coefficient (Wildman–Crippen LogP) is 3.22. The predicted molar refractivity (Wildman–Crippen MR) is 80.6 cm³/mol. The maximum atomic E-state index is 13.3. The number of hydrogen-bond donors (Lipinski definition) is 2. The standard InChI is InChI=1S/C15H14ClFN2O2/c16-12-6-5-11(7-14(12)18)19-15(20)9-21-8-10-3-1-2-4-13(10)17/h1-7H,8-9,18H2,(H,19,20). The second kappa shape index (κ2) is 7.06. The maximum Gasteiger partial charge on any atom is 0.250 e. The number of rotatable bonds is 5. The molecule has 0 aromatic heterocycles. The van der Waals surface area contributed by atoms with E-state index < -0.39 is 0 Å². The topological polar surface area (TPSA) is 64.3 Å². The first-order valence-corrected chi connectivity index (χ1v) is 6.60. The lowest BCUT2D eigenvalue weighted by Gasteiger charge is -2.08. The second-order valence-electron chi connectivity index (χ2n) is 4.37. The number of nitrogens with one attached hydrogen (secondary N) is 1. The van der Waals surface area contributed by atoms with Crippen molar-refractivity contribution in [3.8, 4) is 0 Å². The molecule has 0 bridgehead atoms. The number of amides is 1. The van der Waals surface area contributed by atoms with Crippen molar-refractivity contribution < 1.29 is 13.9 Å². The van der Waals surface area contributed by atoms with Gasteiger partial charge in [0.05, 0.1) is 17.3 Å². The third-order valence-corrected chi connectivity index (χ3v) is 3.07. The Balaban J connectivity index is 1.82. The van der Waals surface area contributed by atoms with Gasteiger partial charge in [-0.05, 0) is 24.3 Å². The number of nitrogen functional groups attached to an aromatic ring is 1. The average molecular weight is 309 g/mol. The molecule has 2 rings (SSSR count). The molecule has 3 N–H and O–H groups in total. The van der Waals surface area contributed by atoms with Gasteiger partial charge in [-0.1, -0.05) is 29.8 Å². The summed E-state index contributed by atoms with van der Waals surface area (Å²) in [5.41, 5.74) is 6.94. The summed E-state index contributed by atoms with van der Waals surface area (Å²) < 4.78 is 18.5. The molecule has 110 valence electrons. The molecule has 0 aliphatic carbocycles. The SMILES string of the molecule is Nc1cc(NC(=O)COCc2ccccc2F)ccc1Cl. The Bertz CT molecular complexity index is 649. The Morgan fingerprint density at radius 3 is 2.76 bits per heavy atom. The Morgan fingerprint density at radius 1 is 1.29 bits per heavy atom. The molecule has 0 saturated heterocycles. The number of anilines is 2. The van der Waals surface area contributed by atoms with Crippen LogP contribution in [0.2, 0.25) is 5.02 Å². The van der Waals surface area contributed by atoms with Crippen LogP contribution in [-0.4, -0.2) is 12.5 Å². The smallest absolute Gasteiger partial charge is 0.250 e. The van der Waals surface area contributed by atoms with Crippen LogP contribution in [0.5, 0.6) is 0 Å². The summed E-state index contributed by atoms with van der Waals surface area (Å²) in [7, 11) is 0. The fraction of sp³-hybridized carbons (Fsp3) is 0.133. The molecule has 0 spiro atoms. The van der Waals surface area contributed by atoms with Crippen molar-refractivity contribution in [1.29, 1.82) is 0 Å². The van der Waals surface area contributed by atoms with Gasteiger partial charge in [-0.2, -0.15) is 0 Å². The number of ether oxygens (including phenoxy) is 1. The lowest BCUT2D eigenvalue weighted by Crippen LogP contribution is -2.18. The zero-order valence-corrected chi connectivity index (χ0v) is 11.9. The maximum absolute atomic E-state index is 13.3. The monoisotopic (exact) mass is 308 g/mol. The van der Waals surface area contributed by atoms with Crippen molar-refractivity contribution in [2.45, 2.75) is 6.61 Å². The summed E-state index contributed by atoms with van der Waals surface area (Å²) in [6, 6.07) is 11.0. The molecular formula is C15H14ClFN2O2. The number of hydrogen-bond acceptors (Lipinski definition) is 3. The summed E-state index contributed by atoms with van der Waals surface area (Å²) in [6.07, 6.45) is 0. The number of benzene rings is 2. The minimum absolute atomic E-state index is 0.0306. The van der Waals surface area contributed by atoms with Crippen molar-refractivity contribution in [1.82, 2.24) is 0 Å². The van der Waals surface area contributed by atoms with Crippen molar-refractivity contribution in [3.05, 3.63) is 58.9 Å². The zero-order valence-electron chi connectivity index (χ0n) is 11.1. The molecule has 2 aromatic rings. The minimum atomic E-state index is -0.358. The fourth-order valence-electron chi connectivity index (χ4n) is 1.69. The van der Waals surface area contributed by atoms with Crippen molar-refractivity contribution in [3.63, 3.8) is 0 Å². The van der Waals surface area contributed by atoms with Gasteiger partial charge in [0.25, 0.3) is 0 Å². The van der Waals surface area contributed by atoms with E-state index in [0.717, 1.165) is 0 Å². The van der Waals surface area contributed by atoms with Gasteiger partial charge in [-0.15, -0.1) is 0 Å². The molecule has 21 heavy (non-hydrogen) atoms. The highest BCUT2D eigenvalue weighted by molar-refractivity contribution is 6.33. The average Bonchev–Trinajstić information content (AvgIpc) is 2.45. The molecule has 0 atom stereocenters. The second-order valence-corrected chi connectivity index (χ2v) is 4.78. The van der Waals surface area contributed by atoms with E-state index in [2.05, 4.69) is 5.32 Å². The quantitative estimate of drug-likeness (QED) is 0.834. The van der Waals surface area contributed by atoms with Crippen molar-refractivity contribution in [2.75, 3.05) is 17.7 Å². The van der Waals surface area contributed by atoms with Crippen LogP contribution in [0.4, 0.5) is 15.8 Å². The van der Waals surface area contributed by atoms with E-state index >= 15 is 0 Å². The van der Waals surface area contributed by atoms with Gasteiger partial charge in [-0.25, -0.2) is 4.39 Å². The molecule has 4 nitrogen and oxygen atoms in total. The molecule has 0 aliphatic heterocycles. The Kier molecular flexibility index (Phi) is 5.14. The van der Waals surface area contributed by atoms with E-state index in [1.54, 1.807) is 36.4 Å². The van der Waals surface area contributed by atoms with Crippen LogP contribution in [0, 0.1) is 5.82 Å². The van der Waals surface area contributed by atoms with E-state index in [1.807, 2.05) is 0 Å². The molecule has 0 aliphatic rings. The molecule has 0 saturated carbocycles. The fourth-order valence-corrected chi connectivity index (χ4v) is 1.81. The van der Waals surface area contributed by atoms with Crippen molar-refractivity contribution >= 4 is 28.9 Å². The summed E-state index contributed by atoms with van der Waals surface area (Å²) in [5.74, 6) is -0.712. The van der Waals surface area contributed by atoms with E-state index in [9.17, 15) is 9.18 Å². The van der Waals surface area contributed by atoms with E-state index in [0.29, 0.717) is 22.0 Å². The Morgan fingerprint density at radius 2 is 2.05 bits per heavy atom. The van der Waals surface area contributed by atoms with Gasteiger partial charge >= 0.3 is 0 Å². The number of carbonyl (C=O) groups is 1. The molecule has 0 fully saturated rings. The van der Waals surface area contributed by atoms with Gasteiger partial charge in [-0.3, -0.25) is 4.79 Å². The normalized spacial score (nSPS) is 10.4. The molecule has 0 radical (unpaired) electrons. The van der Waals surface area contributed by atoms with Crippen LogP contribution >= 0.6 is 11.6 Å². The molecule has 0 heterocycles. The Labute approximate surface area is 126 Å². The van der Waals surface area contributed by atoms with Crippen LogP contribution in [0.25, 0.3) is 0 Å². The molecular weight excluding hydrogens is 295 g/mol. The minimum Gasteiger partial charge on any atom is -0.397 e. The molecule has 6 heteroatoms. The van der Waals surface area contributed by atoms with Gasteiger partial charge in [0.15, 0.2) is 0 Å². The highest BCUT2D eigenvalue weighted by atomic mass is 35.5. The third kappa shape index (κ3) is 4.44. The zero-order chi connectivity index (χ0) is 15.2. The number of nitrogens with two attached hydrogens (primary N) is 1. The van der Waals surface area contributed by atoms with E-state index in [-0.39, 0.29) is 24.9 Å². The summed E-state index contributed by atoms with van der Waals surface area (Å²) in [4.78, 5) is 11.7. The molecule has 2 aromatic carbocycles. The van der Waals surface area contributed by atoms with Crippen LogP contribution in [0.15, 0.2) is 42.5 Å². The van der Waals surface area contributed by atoms with Crippen LogP contribution in [-0.2, 0) is 16.1 Å². The lowest BCUT2D eigenvalue weighted by atomic mass is 10.2. The summed E-state index contributed by atoms with van der Waals surface area (Å²) in [6.45, 7) is -0.153. The summed E-state index contributed by atoms with van der Waals surface area (Å²) in [5, 5.41) is 3.03. The highest BCUT2D eigenvalue weighted by Gasteiger charge is 2.06. The first-order chi connectivity index (χ1) is 10.1. The van der Waals surface area contributed by atoms with E-state index in [1.165, 1.54) is 6.07 Å². The third-order valence-electron chi connectivity index (χ3n) is 2.73. The lowest BCUT2D eigenvalue weighted by molar-refractivity contribution is -0.121. The largest absolute Gasteiger partial charge is 0.397 e.